The molecule has 0 aromatic carbocycles. The van der Waals surface area contributed by atoms with E-state index in [2.05, 4.69) is 48.8 Å². The Hall–Kier alpha value is 0.0400. The first-order valence-corrected chi connectivity index (χ1v) is 6.43. The smallest absolute Gasteiger partial charge is 0.134 e. The minimum absolute atomic E-state index is 0.554. The van der Waals surface area contributed by atoms with Crippen LogP contribution in [-0.4, -0.2) is 9.97 Å². The van der Waals surface area contributed by atoms with Gasteiger partial charge < -0.3 is 0 Å². The molecule has 0 aliphatic heterocycles. The Morgan fingerprint density at radius 1 is 1.21 bits per heavy atom. The highest BCUT2D eigenvalue weighted by Crippen LogP contribution is 2.36. The van der Waals surface area contributed by atoms with E-state index in [1.165, 1.54) is 19.3 Å². The fraction of sp³-hybridized carbons (Fsp3) is 0.600. The summed E-state index contributed by atoms with van der Waals surface area (Å²) >= 11 is 6.79. The van der Waals surface area contributed by atoms with E-state index >= 15 is 0 Å². The van der Waals surface area contributed by atoms with E-state index in [0.717, 1.165) is 20.9 Å². The summed E-state index contributed by atoms with van der Waals surface area (Å²) in [5, 5.41) is 0. The number of nitrogens with zero attached hydrogens (tertiary/aromatic N) is 2. The van der Waals surface area contributed by atoms with Crippen molar-refractivity contribution in [1.29, 1.82) is 0 Å². The molecule has 0 bridgehead atoms. The maximum atomic E-state index is 4.43. The van der Waals surface area contributed by atoms with Crippen molar-refractivity contribution in [3.05, 3.63) is 21.1 Å². The first kappa shape index (κ1) is 10.6. The Morgan fingerprint density at radius 2 is 1.86 bits per heavy atom. The number of hydrogen-bond donors (Lipinski definition) is 0. The molecule has 4 heteroatoms. The van der Waals surface area contributed by atoms with Gasteiger partial charge in [0.25, 0.3) is 0 Å². The summed E-state index contributed by atoms with van der Waals surface area (Å²) in [6.07, 6.45) is 3.76. The maximum Gasteiger partial charge on any atom is 0.134 e. The molecule has 1 aliphatic carbocycles. The van der Waals surface area contributed by atoms with Gasteiger partial charge in [-0.2, -0.15) is 0 Å². The zero-order valence-corrected chi connectivity index (χ0v) is 11.2. The standard InChI is InChI=1S/C10H12Br2N2/c1-6-2-3-7(4-6)10-13-8(11)5-9(12)14-10/h5-7H,2-4H2,1H3. The van der Waals surface area contributed by atoms with Crippen LogP contribution in [0.25, 0.3) is 0 Å². The lowest BCUT2D eigenvalue weighted by Crippen LogP contribution is -2.01. The Balaban J connectivity index is 2.23. The van der Waals surface area contributed by atoms with Gasteiger partial charge in [-0.3, -0.25) is 0 Å². The third-order valence-electron chi connectivity index (χ3n) is 2.74. The van der Waals surface area contributed by atoms with Crippen molar-refractivity contribution in [3.8, 4) is 0 Å². The number of halogens is 2. The third-order valence-corrected chi connectivity index (χ3v) is 3.55. The second-order valence-electron chi connectivity index (χ2n) is 3.99. The van der Waals surface area contributed by atoms with Crippen LogP contribution in [-0.2, 0) is 0 Å². The van der Waals surface area contributed by atoms with Crippen molar-refractivity contribution in [2.45, 2.75) is 32.1 Å². The van der Waals surface area contributed by atoms with E-state index in [1.807, 2.05) is 6.07 Å². The first-order chi connectivity index (χ1) is 6.65. The quantitative estimate of drug-likeness (QED) is 0.733. The molecular weight excluding hydrogens is 308 g/mol. The average Bonchev–Trinajstić information content (AvgIpc) is 2.50. The summed E-state index contributed by atoms with van der Waals surface area (Å²) in [5.74, 6) is 2.36. The van der Waals surface area contributed by atoms with E-state index < -0.39 is 0 Å². The van der Waals surface area contributed by atoms with Crippen molar-refractivity contribution < 1.29 is 0 Å². The summed E-state index contributed by atoms with van der Waals surface area (Å²) in [5.41, 5.74) is 0. The van der Waals surface area contributed by atoms with Crippen LogP contribution in [0.2, 0.25) is 0 Å². The molecule has 1 heterocycles. The zero-order valence-electron chi connectivity index (χ0n) is 8.00. The molecule has 2 nitrogen and oxygen atoms in total. The Labute approximate surface area is 101 Å². The summed E-state index contributed by atoms with van der Waals surface area (Å²) in [7, 11) is 0. The highest BCUT2D eigenvalue weighted by atomic mass is 79.9. The van der Waals surface area contributed by atoms with Gasteiger partial charge in [-0.15, -0.1) is 0 Å². The molecule has 0 amide bonds. The maximum absolute atomic E-state index is 4.43. The number of rotatable bonds is 1. The van der Waals surface area contributed by atoms with Crippen LogP contribution in [0.4, 0.5) is 0 Å². The Bertz CT molecular complexity index is 321. The monoisotopic (exact) mass is 318 g/mol. The van der Waals surface area contributed by atoms with Gasteiger partial charge in [0.2, 0.25) is 0 Å². The van der Waals surface area contributed by atoms with Crippen LogP contribution < -0.4 is 0 Å². The molecule has 2 atom stereocenters. The second kappa shape index (κ2) is 4.27. The fourth-order valence-corrected chi connectivity index (χ4v) is 3.14. The molecule has 76 valence electrons. The molecule has 1 saturated carbocycles. The van der Waals surface area contributed by atoms with Crippen molar-refractivity contribution in [2.75, 3.05) is 0 Å². The molecule has 0 radical (unpaired) electrons. The molecule has 14 heavy (non-hydrogen) atoms. The largest absolute Gasteiger partial charge is 0.226 e. The Morgan fingerprint density at radius 3 is 2.36 bits per heavy atom. The molecule has 2 unspecified atom stereocenters. The molecule has 1 fully saturated rings. The third kappa shape index (κ3) is 2.34. The van der Waals surface area contributed by atoms with Gasteiger partial charge in [-0.05, 0) is 57.0 Å². The highest BCUT2D eigenvalue weighted by Gasteiger charge is 2.25. The van der Waals surface area contributed by atoms with Gasteiger partial charge in [0.05, 0.1) is 0 Å². The van der Waals surface area contributed by atoms with Gasteiger partial charge in [0, 0.05) is 12.0 Å². The minimum Gasteiger partial charge on any atom is -0.226 e. The summed E-state index contributed by atoms with van der Waals surface area (Å²) < 4.78 is 1.74. The van der Waals surface area contributed by atoms with E-state index in [1.54, 1.807) is 0 Å². The Kier molecular flexibility index (Phi) is 3.22. The fourth-order valence-electron chi connectivity index (χ4n) is 2.03. The molecule has 1 aliphatic rings. The zero-order chi connectivity index (χ0) is 10.1. The van der Waals surface area contributed by atoms with Crippen LogP contribution in [0.3, 0.4) is 0 Å². The topological polar surface area (TPSA) is 25.8 Å². The second-order valence-corrected chi connectivity index (χ2v) is 5.61. The molecule has 1 aromatic rings. The molecule has 1 aromatic heterocycles. The van der Waals surface area contributed by atoms with E-state index in [9.17, 15) is 0 Å². The van der Waals surface area contributed by atoms with Gasteiger partial charge in [-0.1, -0.05) is 6.92 Å². The van der Waals surface area contributed by atoms with E-state index in [4.69, 9.17) is 0 Å². The molecule has 2 rings (SSSR count). The van der Waals surface area contributed by atoms with Crippen LogP contribution in [0.5, 0.6) is 0 Å². The van der Waals surface area contributed by atoms with E-state index in [0.29, 0.717) is 5.92 Å². The normalized spacial score (nSPS) is 26.8. The van der Waals surface area contributed by atoms with Crippen LogP contribution >= 0.6 is 31.9 Å². The summed E-state index contributed by atoms with van der Waals surface area (Å²) in [6.45, 7) is 2.30. The number of hydrogen-bond acceptors (Lipinski definition) is 2. The van der Waals surface area contributed by atoms with Crippen LogP contribution in [0, 0.1) is 5.92 Å². The lowest BCUT2D eigenvalue weighted by atomic mass is 10.1. The van der Waals surface area contributed by atoms with Crippen molar-refractivity contribution in [1.82, 2.24) is 9.97 Å². The highest BCUT2D eigenvalue weighted by molar-refractivity contribution is 9.11. The lowest BCUT2D eigenvalue weighted by molar-refractivity contribution is 0.584. The SMILES string of the molecule is CC1CCC(c2nc(Br)cc(Br)n2)C1. The summed E-state index contributed by atoms with van der Waals surface area (Å²) in [6, 6.07) is 1.88. The van der Waals surface area contributed by atoms with Crippen molar-refractivity contribution in [2.24, 2.45) is 5.92 Å². The van der Waals surface area contributed by atoms with Gasteiger partial charge in [0.1, 0.15) is 15.0 Å². The van der Waals surface area contributed by atoms with Gasteiger partial charge in [0.15, 0.2) is 0 Å². The average molecular weight is 320 g/mol. The summed E-state index contributed by atoms with van der Waals surface area (Å²) in [4.78, 5) is 8.85. The van der Waals surface area contributed by atoms with Crippen LogP contribution in [0.15, 0.2) is 15.3 Å². The minimum atomic E-state index is 0.554. The molecule has 0 N–H and O–H groups in total. The first-order valence-electron chi connectivity index (χ1n) is 4.85. The predicted octanol–water partition coefficient (Wildman–Crippen LogP) is 3.91. The van der Waals surface area contributed by atoms with Crippen molar-refractivity contribution >= 4 is 31.9 Å². The lowest BCUT2D eigenvalue weighted by Gasteiger charge is -2.08. The molecular formula is C10H12Br2N2. The molecule has 0 saturated heterocycles. The number of aromatic nitrogens is 2. The van der Waals surface area contributed by atoms with Gasteiger partial charge >= 0.3 is 0 Å². The molecule has 0 spiro atoms. The van der Waals surface area contributed by atoms with E-state index in [-0.39, 0.29) is 0 Å². The van der Waals surface area contributed by atoms with Crippen molar-refractivity contribution in [3.63, 3.8) is 0 Å². The van der Waals surface area contributed by atoms with Crippen LogP contribution in [0.1, 0.15) is 37.9 Å². The predicted molar refractivity (Wildman–Crippen MR) is 63.2 cm³/mol. The van der Waals surface area contributed by atoms with Gasteiger partial charge in [-0.25, -0.2) is 9.97 Å².